The first-order valence-corrected chi connectivity index (χ1v) is 10.4. The first-order valence-electron chi connectivity index (χ1n) is 10.4. The van der Waals surface area contributed by atoms with E-state index >= 15 is 0 Å². The smallest absolute Gasteiger partial charge is 0.274 e. The molecule has 154 valence electrons. The molecule has 0 saturated heterocycles. The topological polar surface area (TPSA) is 63.6 Å². The first-order chi connectivity index (χ1) is 13.9. The summed E-state index contributed by atoms with van der Waals surface area (Å²) in [6.07, 6.45) is 2.28. The highest BCUT2D eigenvalue weighted by Gasteiger charge is 2.37. The Morgan fingerprint density at radius 2 is 1.86 bits per heavy atom. The fourth-order valence-corrected chi connectivity index (χ4v) is 3.77. The Balaban J connectivity index is 1.70. The first kappa shape index (κ1) is 19.7. The average molecular weight is 396 g/mol. The summed E-state index contributed by atoms with van der Waals surface area (Å²) in [5.74, 6) is 0.0245. The van der Waals surface area contributed by atoms with Crippen LogP contribution in [0.5, 0.6) is 5.75 Å². The second kappa shape index (κ2) is 7.67. The molecule has 0 unspecified atom stereocenters. The van der Waals surface area contributed by atoms with Gasteiger partial charge in [0.15, 0.2) is 11.4 Å². The van der Waals surface area contributed by atoms with Gasteiger partial charge in [0.05, 0.1) is 0 Å². The van der Waals surface area contributed by atoms with E-state index in [1.54, 1.807) is 6.07 Å². The minimum absolute atomic E-state index is 0.0699. The van der Waals surface area contributed by atoms with Crippen LogP contribution in [0.3, 0.4) is 0 Å². The van der Waals surface area contributed by atoms with Gasteiger partial charge in [0, 0.05) is 43.0 Å². The Morgan fingerprint density at radius 3 is 2.52 bits per heavy atom. The van der Waals surface area contributed by atoms with E-state index in [1.807, 2.05) is 53.6 Å². The van der Waals surface area contributed by atoms with Crippen molar-refractivity contribution in [3.05, 3.63) is 63.6 Å². The third kappa shape index (κ3) is 4.08. The Bertz CT molecular complexity index is 961. The number of hydrogen-bond donors (Lipinski definition) is 1. The maximum absolute atomic E-state index is 13.3. The summed E-state index contributed by atoms with van der Waals surface area (Å²) in [5, 5.41) is 3.53. The van der Waals surface area contributed by atoms with Gasteiger partial charge in [-0.05, 0) is 39.2 Å². The van der Waals surface area contributed by atoms with Crippen molar-refractivity contribution in [3.8, 4) is 5.75 Å². The summed E-state index contributed by atoms with van der Waals surface area (Å²) < 4.78 is 7.91. The van der Waals surface area contributed by atoms with Crippen LogP contribution in [-0.4, -0.2) is 33.5 Å². The summed E-state index contributed by atoms with van der Waals surface area (Å²) in [5.41, 5.74) is 2.11. The number of fused-ring (bicyclic) bond motifs is 1. The second-order valence-electron chi connectivity index (χ2n) is 8.61. The molecule has 1 N–H and O–H groups in total. The normalized spacial score (nSPS) is 17.4. The number of nitrogens with one attached hydrogen (secondary N) is 1. The Morgan fingerprint density at radius 1 is 1.14 bits per heavy atom. The van der Waals surface area contributed by atoms with E-state index in [4.69, 9.17) is 4.74 Å². The number of rotatable bonds is 7. The van der Waals surface area contributed by atoms with Gasteiger partial charge >= 0.3 is 0 Å². The van der Waals surface area contributed by atoms with Gasteiger partial charge in [-0.1, -0.05) is 30.3 Å². The molecule has 4 rings (SSSR count). The number of carbonyl (C=O) groups is 1. The van der Waals surface area contributed by atoms with Crippen LogP contribution in [0, 0.1) is 0 Å². The molecule has 29 heavy (non-hydrogen) atoms. The molecule has 0 radical (unpaired) electrons. The quantitative estimate of drug-likeness (QED) is 0.783. The van der Waals surface area contributed by atoms with Crippen LogP contribution >= 0.6 is 0 Å². The lowest BCUT2D eigenvalue weighted by atomic mass is 10.1. The molecular weight excluding hydrogens is 366 g/mol. The fourth-order valence-electron chi connectivity index (χ4n) is 3.77. The molecule has 0 spiro atoms. The lowest BCUT2D eigenvalue weighted by Crippen LogP contribution is -2.46. The third-order valence-corrected chi connectivity index (χ3v) is 5.93. The van der Waals surface area contributed by atoms with E-state index < -0.39 is 0 Å². The van der Waals surface area contributed by atoms with Crippen molar-refractivity contribution in [2.45, 2.75) is 64.9 Å². The van der Waals surface area contributed by atoms with Gasteiger partial charge in [0.2, 0.25) is 5.43 Å². The molecule has 1 fully saturated rings. The molecule has 2 aliphatic rings. The molecule has 2 aromatic rings. The molecule has 0 atom stereocenters. The van der Waals surface area contributed by atoms with E-state index in [2.05, 4.69) is 12.2 Å². The molecule has 1 aliphatic heterocycles. The van der Waals surface area contributed by atoms with E-state index in [0.29, 0.717) is 25.3 Å². The summed E-state index contributed by atoms with van der Waals surface area (Å²) in [7, 11) is 0. The number of hydrogen-bond acceptors (Lipinski definition) is 4. The van der Waals surface area contributed by atoms with Crippen LogP contribution < -0.4 is 15.5 Å². The number of aromatic nitrogens is 1. The summed E-state index contributed by atoms with van der Waals surface area (Å²) >= 11 is 0. The molecule has 1 saturated carbocycles. The number of nitrogens with zero attached hydrogens (tertiary/aromatic N) is 2. The highest BCUT2D eigenvalue weighted by Crippen LogP contribution is 2.34. The number of amides is 1. The molecule has 1 aliphatic carbocycles. The second-order valence-corrected chi connectivity index (χ2v) is 8.61. The van der Waals surface area contributed by atoms with Gasteiger partial charge in [-0.3, -0.25) is 9.59 Å². The molecule has 1 amide bonds. The van der Waals surface area contributed by atoms with Crippen LogP contribution in [0.25, 0.3) is 0 Å². The minimum Gasteiger partial charge on any atom is -0.483 e. The van der Waals surface area contributed by atoms with Crippen LogP contribution in [0.4, 0.5) is 0 Å². The monoisotopic (exact) mass is 395 g/mol. The van der Waals surface area contributed by atoms with E-state index in [9.17, 15) is 9.59 Å². The maximum Gasteiger partial charge on any atom is 0.274 e. The zero-order valence-corrected chi connectivity index (χ0v) is 17.4. The Kier molecular flexibility index (Phi) is 5.21. The van der Waals surface area contributed by atoms with E-state index in [0.717, 1.165) is 24.1 Å². The molecule has 2 heterocycles. The van der Waals surface area contributed by atoms with Gasteiger partial charge < -0.3 is 19.5 Å². The predicted octanol–water partition coefficient (Wildman–Crippen LogP) is 2.93. The van der Waals surface area contributed by atoms with E-state index in [1.165, 1.54) is 0 Å². The maximum atomic E-state index is 13.3. The SMILES string of the molecule is CC(C)N1CCn2c(CNC3(C)CC3)cc(=O)c(OCc3ccccc3)c2C1=O. The van der Waals surface area contributed by atoms with E-state index in [-0.39, 0.29) is 35.3 Å². The molecular formula is C23H29N3O3. The molecule has 1 aromatic heterocycles. The van der Waals surface area contributed by atoms with Crippen molar-refractivity contribution in [1.82, 2.24) is 14.8 Å². The number of ether oxygens (including phenoxy) is 1. The highest BCUT2D eigenvalue weighted by molar-refractivity contribution is 5.96. The molecule has 0 bridgehead atoms. The van der Waals surface area contributed by atoms with Gasteiger partial charge in [-0.2, -0.15) is 0 Å². The lowest BCUT2D eigenvalue weighted by molar-refractivity contribution is 0.0636. The van der Waals surface area contributed by atoms with Crippen molar-refractivity contribution < 1.29 is 9.53 Å². The fraction of sp³-hybridized carbons (Fsp3) is 0.478. The van der Waals surface area contributed by atoms with Gasteiger partial charge in [0.25, 0.3) is 5.91 Å². The van der Waals surface area contributed by atoms with Gasteiger partial charge in [0.1, 0.15) is 6.61 Å². The van der Waals surface area contributed by atoms with Gasteiger partial charge in [-0.15, -0.1) is 0 Å². The highest BCUT2D eigenvalue weighted by atomic mass is 16.5. The Labute approximate surface area is 171 Å². The molecule has 1 aromatic carbocycles. The summed E-state index contributed by atoms with van der Waals surface area (Å²) in [6, 6.07) is 11.4. The van der Waals surface area contributed by atoms with Crippen molar-refractivity contribution in [1.29, 1.82) is 0 Å². The largest absolute Gasteiger partial charge is 0.483 e. The zero-order chi connectivity index (χ0) is 20.6. The zero-order valence-electron chi connectivity index (χ0n) is 17.4. The Hall–Kier alpha value is -2.60. The van der Waals surface area contributed by atoms with Crippen LogP contribution in [0.2, 0.25) is 0 Å². The number of pyridine rings is 1. The third-order valence-electron chi connectivity index (χ3n) is 5.93. The van der Waals surface area contributed by atoms with Crippen molar-refractivity contribution in [2.75, 3.05) is 6.54 Å². The van der Waals surface area contributed by atoms with Crippen molar-refractivity contribution in [2.24, 2.45) is 0 Å². The van der Waals surface area contributed by atoms with Gasteiger partial charge in [-0.25, -0.2) is 0 Å². The summed E-state index contributed by atoms with van der Waals surface area (Å²) in [4.78, 5) is 28.0. The van der Waals surface area contributed by atoms with Crippen molar-refractivity contribution >= 4 is 5.91 Å². The predicted molar refractivity (Wildman–Crippen MR) is 112 cm³/mol. The van der Waals surface area contributed by atoms with Crippen LogP contribution in [0.15, 0.2) is 41.2 Å². The van der Waals surface area contributed by atoms with Crippen LogP contribution in [-0.2, 0) is 19.7 Å². The lowest BCUT2D eigenvalue weighted by Gasteiger charge is -2.35. The number of carbonyl (C=O) groups excluding carboxylic acids is 1. The molecule has 6 heteroatoms. The number of benzene rings is 1. The average Bonchev–Trinajstić information content (AvgIpc) is 3.44. The summed E-state index contributed by atoms with van der Waals surface area (Å²) in [6.45, 7) is 8.31. The van der Waals surface area contributed by atoms with Crippen molar-refractivity contribution in [3.63, 3.8) is 0 Å². The standard InChI is InChI=1S/C23H29N3O3/c1-16(2)25-11-12-26-18(14-24-23(3)9-10-23)13-19(27)21(20(26)22(25)28)29-15-17-7-5-4-6-8-17/h4-8,13,16,24H,9-12,14-15H2,1-3H3. The van der Waals surface area contributed by atoms with Crippen LogP contribution in [0.1, 0.15) is 55.4 Å². The minimum atomic E-state index is -0.233. The molecule has 6 nitrogen and oxygen atoms in total.